The Morgan fingerprint density at radius 3 is 2.62 bits per heavy atom. The van der Waals surface area contributed by atoms with Gasteiger partial charge < -0.3 is 20.6 Å². The maximum Gasteiger partial charge on any atom is 0.258 e. The number of rotatable bonds is 5. The SMILES string of the molecule is CC(C)C[C@@H]1Nc2ccccc2C(=O)N1CC(=O)Nc1ccccc1O. The summed E-state index contributed by atoms with van der Waals surface area (Å²) in [7, 11) is 0. The quantitative estimate of drug-likeness (QED) is 0.721. The number of nitrogens with zero attached hydrogens (tertiary/aromatic N) is 1. The van der Waals surface area contributed by atoms with Gasteiger partial charge in [0.2, 0.25) is 5.91 Å². The Labute approximate surface area is 152 Å². The summed E-state index contributed by atoms with van der Waals surface area (Å²) in [4.78, 5) is 27.0. The highest BCUT2D eigenvalue weighted by atomic mass is 16.3. The van der Waals surface area contributed by atoms with Crippen LogP contribution in [-0.4, -0.2) is 34.5 Å². The number of benzene rings is 2. The molecule has 1 heterocycles. The Morgan fingerprint density at radius 2 is 1.88 bits per heavy atom. The Hall–Kier alpha value is -3.02. The van der Waals surface area contributed by atoms with Gasteiger partial charge in [0.1, 0.15) is 18.5 Å². The number of aromatic hydroxyl groups is 1. The van der Waals surface area contributed by atoms with Gasteiger partial charge >= 0.3 is 0 Å². The zero-order chi connectivity index (χ0) is 18.7. The van der Waals surface area contributed by atoms with E-state index in [4.69, 9.17) is 0 Å². The number of carbonyl (C=O) groups excluding carboxylic acids is 2. The van der Waals surface area contributed by atoms with Crippen LogP contribution in [0.2, 0.25) is 0 Å². The number of fused-ring (bicyclic) bond motifs is 1. The van der Waals surface area contributed by atoms with Gasteiger partial charge in [-0.15, -0.1) is 0 Å². The van der Waals surface area contributed by atoms with Gasteiger partial charge in [0.25, 0.3) is 5.91 Å². The van der Waals surface area contributed by atoms with Gasteiger partial charge in [0, 0.05) is 5.69 Å². The van der Waals surface area contributed by atoms with Crippen LogP contribution in [0.1, 0.15) is 30.6 Å². The standard InChI is InChI=1S/C20H23N3O3/c1-13(2)11-18-21-15-8-4-3-7-14(15)20(26)23(18)12-19(25)22-16-9-5-6-10-17(16)24/h3-10,13,18,21,24H,11-12H2,1-2H3,(H,22,25)/t18-/m1/s1. The van der Waals surface area contributed by atoms with E-state index in [-0.39, 0.29) is 30.3 Å². The number of phenolic OH excluding ortho intramolecular Hbond substituents is 1. The lowest BCUT2D eigenvalue weighted by atomic mass is 10.0. The monoisotopic (exact) mass is 353 g/mol. The van der Waals surface area contributed by atoms with E-state index in [0.29, 0.717) is 17.2 Å². The number of nitrogens with one attached hydrogen (secondary N) is 2. The first-order valence-corrected chi connectivity index (χ1v) is 8.70. The molecule has 2 aromatic carbocycles. The average molecular weight is 353 g/mol. The molecule has 3 N–H and O–H groups in total. The van der Waals surface area contributed by atoms with Crippen LogP contribution in [-0.2, 0) is 4.79 Å². The third-order valence-corrected chi connectivity index (χ3v) is 4.30. The van der Waals surface area contributed by atoms with Gasteiger partial charge in [0.05, 0.1) is 11.3 Å². The summed E-state index contributed by atoms with van der Waals surface area (Å²) in [6.45, 7) is 4.06. The summed E-state index contributed by atoms with van der Waals surface area (Å²) in [6, 6.07) is 13.8. The summed E-state index contributed by atoms with van der Waals surface area (Å²) in [6.07, 6.45) is 0.469. The molecule has 1 aliphatic rings. The molecule has 0 aliphatic carbocycles. The molecule has 6 nitrogen and oxygen atoms in total. The van der Waals surface area contributed by atoms with Gasteiger partial charge in [-0.05, 0) is 36.6 Å². The molecule has 2 aromatic rings. The highest BCUT2D eigenvalue weighted by Gasteiger charge is 2.33. The Kier molecular flexibility index (Phi) is 5.11. The lowest BCUT2D eigenvalue weighted by Crippen LogP contribution is -2.52. The van der Waals surface area contributed by atoms with Gasteiger partial charge in [-0.1, -0.05) is 38.1 Å². The molecule has 2 amide bonds. The van der Waals surface area contributed by atoms with Crippen molar-refractivity contribution in [2.45, 2.75) is 26.4 Å². The molecule has 0 saturated heterocycles. The fourth-order valence-electron chi connectivity index (χ4n) is 3.09. The van der Waals surface area contributed by atoms with Crippen molar-refractivity contribution in [1.82, 2.24) is 4.90 Å². The molecule has 6 heteroatoms. The van der Waals surface area contributed by atoms with Crippen LogP contribution >= 0.6 is 0 Å². The van der Waals surface area contributed by atoms with E-state index in [1.165, 1.54) is 6.07 Å². The number of amides is 2. The number of carbonyl (C=O) groups is 2. The largest absolute Gasteiger partial charge is 0.506 e. The van der Waals surface area contributed by atoms with Crippen molar-refractivity contribution < 1.29 is 14.7 Å². The van der Waals surface area contributed by atoms with Crippen LogP contribution in [0.4, 0.5) is 11.4 Å². The van der Waals surface area contributed by atoms with Crippen LogP contribution < -0.4 is 10.6 Å². The molecule has 1 atom stereocenters. The lowest BCUT2D eigenvalue weighted by molar-refractivity contribution is -0.117. The van der Waals surface area contributed by atoms with Crippen molar-refractivity contribution in [3.05, 3.63) is 54.1 Å². The molecule has 136 valence electrons. The molecule has 0 radical (unpaired) electrons. The minimum atomic E-state index is -0.352. The van der Waals surface area contributed by atoms with Crippen molar-refractivity contribution in [1.29, 1.82) is 0 Å². The second-order valence-corrected chi connectivity index (χ2v) is 6.83. The van der Waals surface area contributed by atoms with Gasteiger partial charge in [-0.25, -0.2) is 0 Å². The molecule has 0 unspecified atom stereocenters. The molecule has 0 spiro atoms. The maximum absolute atomic E-state index is 12.9. The van der Waals surface area contributed by atoms with Crippen molar-refractivity contribution in [3.63, 3.8) is 0 Å². The summed E-state index contributed by atoms with van der Waals surface area (Å²) in [5, 5.41) is 15.8. The Balaban J connectivity index is 1.80. The average Bonchev–Trinajstić information content (AvgIpc) is 2.60. The van der Waals surface area contributed by atoms with E-state index in [9.17, 15) is 14.7 Å². The molecule has 0 aromatic heterocycles. The Bertz CT molecular complexity index is 819. The molecular formula is C20H23N3O3. The van der Waals surface area contributed by atoms with E-state index in [1.54, 1.807) is 35.2 Å². The van der Waals surface area contributed by atoms with E-state index < -0.39 is 0 Å². The van der Waals surface area contributed by atoms with Crippen LogP contribution in [0.3, 0.4) is 0 Å². The van der Waals surface area contributed by atoms with E-state index in [0.717, 1.165) is 12.1 Å². The zero-order valence-electron chi connectivity index (χ0n) is 14.9. The first-order chi connectivity index (χ1) is 12.5. The normalized spacial score (nSPS) is 16.2. The van der Waals surface area contributed by atoms with Crippen LogP contribution in [0.15, 0.2) is 48.5 Å². The second kappa shape index (κ2) is 7.47. The number of phenols is 1. The van der Waals surface area contributed by atoms with Crippen molar-refractivity contribution >= 4 is 23.2 Å². The van der Waals surface area contributed by atoms with Gasteiger partial charge in [-0.3, -0.25) is 9.59 Å². The summed E-state index contributed by atoms with van der Waals surface area (Å²) < 4.78 is 0. The number of hydrogen-bond acceptors (Lipinski definition) is 4. The molecule has 0 saturated carbocycles. The molecule has 0 fully saturated rings. The van der Waals surface area contributed by atoms with Gasteiger partial charge in [0.15, 0.2) is 0 Å². The van der Waals surface area contributed by atoms with Crippen LogP contribution in [0.25, 0.3) is 0 Å². The molecule has 1 aliphatic heterocycles. The highest BCUT2D eigenvalue weighted by molar-refractivity contribution is 6.04. The minimum Gasteiger partial charge on any atom is -0.506 e. The number of hydrogen-bond donors (Lipinski definition) is 3. The van der Waals surface area contributed by atoms with E-state index in [1.807, 2.05) is 12.1 Å². The summed E-state index contributed by atoms with van der Waals surface area (Å²) in [5.41, 5.74) is 1.68. The third-order valence-electron chi connectivity index (χ3n) is 4.30. The molecular weight excluding hydrogens is 330 g/mol. The highest BCUT2D eigenvalue weighted by Crippen LogP contribution is 2.28. The molecule has 0 bridgehead atoms. The third kappa shape index (κ3) is 3.79. The van der Waals surface area contributed by atoms with Gasteiger partial charge in [-0.2, -0.15) is 0 Å². The van der Waals surface area contributed by atoms with Crippen molar-refractivity contribution in [3.8, 4) is 5.75 Å². The number of anilines is 2. The number of para-hydroxylation sites is 3. The van der Waals surface area contributed by atoms with E-state index in [2.05, 4.69) is 24.5 Å². The Morgan fingerprint density at radius 1 is 1.19 bits per heavy atom. The van der Waals surface area contributed by atoms with Crippen LogP contribution in [0.5, 0.6) is 5.75 Å². The van der Waals surface area contributed by atoms with Crippen LogP contribution in [0, 0.1) is 5.92 Å². The fraction of sp³-hybridized carbons (Fsp3) is 0.300. The topological polar surface area (TPSA) is 81.7 Å². The first kappa shape index (κ1) is 17.8. The summed E-state index contributed by atoms with van der Waals surface area (Å²) in [5.74, 6) is -0.172. The first-order valence-electron chi connectivity index (χ1n) is 8.70. The van der Waals surface area contributed by atoms with Crippen molar-refractivity contribution in [2.24, 2.45) is 5.92 Å². The minimum absolute atomic E-state index is 0.00646. The van der Waals surface area contributed by atoms with Crippen molar-refractivity contribution in [2.75, 3.05) is 17.2 Å². The lowest BCUT2D eigenvalue weighted by Gasteiger charge is -2.38. The predicted molar refractivity (Wildman–Crippen MR) is 101 cm³/mol. The molecule has 26 heavy (non-hydrogen) atoms. The van der Waals surface area contributed by atoms with E-state index >= 15 is 0 Å². The predicted octanol–water partition coefficient (Wildman–Crippen LogP) is 3.27. The molecule has 3 rings (SSSR count). The maximum atomic E-state index is 12.9. The zero-order valence-corrected chi connectivity index (χ0v) is 14.9. The smallest absolute Gasteiger partial charge is 0.258 e. The fourth-order valence-corrected chi connectivity index (χ4v) is 3.09. The second-order valence-electron chi connectivity index (χ2n) is 6.83. The summed E-state index contributed by atoms with van der Waals surface area (Å²) >= 11 is 0.